The minimum absolute atomic E-state index is 0.218. The molecule has 0 atom stereocenters. The molecule has 1 N–H and O–H groups in total. The first kappa shape index (κ1) is 19.5. The average molecular weight is 353 g/mol. The number of fused-ring (bicyclic) bond motifs is 1. The van der Waals surface area contributed by atoms with Crippen LogP contribution in [0.1, 0.15) is 32.0 Å². The molecular formula is C20H23N3O3. The Hall–Kier alpha value is -2.80. The van der Waals surface area contributed by atoms with E-state index < -0.39 is 11.7 Å². The molecule has 6 heteroatoms. The molecule has 0 saturated heterocycles. The number of rotatable bonds is 1. The number of aliphatic hydroxyl groups excluding tert-OH is 1. The smallest absolute Gasteiger partial charge is 0.435 e. The van der Waals surface area contributed by atoms with Gasteiger partial charge < -0.3 is 9.84 Å². The molecule has 0 bridgehead atoms. The Morgan fingerprint density at radius 3 is 2.62 bits per heavy atom. The van der Waals surface area contributed by atoms with E-state index in [9.17, 15) is 4.79 Å². The molecule has 2 rings (SSSR count). The number of carbonyl (C=O) groups excluding carboxylic acids is 1. The second-order valence-electron chi connectivity index (χ2n) is 6.97. The van der Waals surface area contributed by atoms with Crippen LogP contribution in [0.4, 0.5) is 4.79 Å². The van der Waals surface area contributed by atoms with E-state index in [0.717, 1.165) is 0 Å². The van der Waals surface area contributed by atoms with Crippen LogP contribution in [0.5, 0.6) is 0 Å². The van der Waals surface area contributed by atoms with Crippen LogP contribution >= 0.6 is 0 Å². The van der Waals surface area contributed by atoms with E-state index in [1.165, 1.54) is 4.68 Å². The lowest BCUT2D eigenvalue weighted by Gasteiger charge is -2.19. The van der Waals surface area contributed by atoms with Crippen LogP contribution in [0.3, 0.4) is 0 Å². The lowest BCUT2D eigenvalue weighted by molar-refractivity contribution is 0.0522. The first-order valence-corrected chi connectivity index (χ1v) is 8.21. The van der Waals surface area contributed by atoms with Crippen molar-refractivity contribution >= 4 is 17.0 Å². The molecule has 6 nitrogen and oxygen atoms in total. The molecular weight excluding hydrogens is 330 g/mol. The van der Waals surface area contributed by atoms with E-state index >= 15 is 0 Å². The summed E-state index contributed by atoms with van der Waals surface area (Å²) in [5, 5.41) is 13.9. The van der Waals surface area contributed by atoms with Crippen molar-refractivity contribution in [3.05, 3.63) is 29.5 Å². The third-order valence-corrected chi connectivity index (χ3v) is 3.16. The quantitative estimate of drug-likeness (QED) is 0.795. The van der Waals surface area contributed by atoms with Crippen LogP contribution in [0.15, 0.2) is 18.2 Å². The van der Waals surface area contributed by atoms with E-state index in [1.54, 1.807) is 32.9 Å². The molecule has 136 valence electrons. The third kappa shape index (κ3) is 5.10. The molecule has 0 radical (unpaired) electrons. The summed E-state index contributed by atoms with van der Waals surface area (Å²) in [6.07, 6.45) is -0.558. The van der Waals surface area contributed by atoms with Crippen molar-refractivity contribution in [2.24, 2.45) is 0 Å². The minimum atomic E-state index is -0.626. The van der Waals surface area contributed by atoms with E-state index in [2.05, 4.69) is 28.8 Å². The van der Waals surface area contributed by atoms with Gasteiger partial charge in [-0.05, 0) is 59.0 Å². The molecule has 0 aliphatic heterocycles. The molecule has 0 fully saturated rings. The normalized spacial score (nSPS) is 10.9. The van der Waals surface area contributed by atoms with Crippen LogP contribution in [0, 0.1) is 23.7 Å². The van der Waals surface area contributed by atoms with Crippen molar-refractivity contribution in [2.45, 2.75) is 26.4 Å². The fraction of sp³-hybridized carbons (Fsp3) is 0.400. The Bertz CT molecular complexity index is 929. The lowest BCUT2D eigenvalue weighted by atomic mass is 10.1. The number of ether oxygens (including phenoxy) is 1. The fourth-order valence-corrected chi connectivity index (χ4v) is 2.16. The van der Waals surface area contributed by atoms with Gasteiger partial charge >= 0.3 is 6.09 Å². The van der Waals surface area contributed by atoms with Crippen molar-refractivity contribution in [1.29, 1.82) is 0 Å². The Kier molecular flexibility index (Phi) is 6.05. The Labute approximate surface area is 153 Å². The summed E-state index contributed by atoms with van der Waals surface area (Å²) in [5.41, 5.74) is 1.17. The summed E-state index contributed by atoms with van der Waals surface area (Å²) >= 11 is 0. The number of aromatic nitrogens is 2. The second kappa shape index (κ2) is 8.05. The highest BCUT2D eigenvalue weighted by molar-refractivity contribution is 5.92. The Morgan fingerprint density at radius 1 is 1.27 bits per heavy atom. The minimum Gasteiger partial charge on any atom is -0.442 e. The summed E-state index contributed by atoms with van der Waals surface area (Å²) in [7, 11) is 3.85. The van der Waals surface area contributed by atoms with Crippen molar-refractivity contribution in [3.63, 3.8) is 0 Å². The summed E-state index contributed by atoms with van der Waals surface area (Å²) in [6, 6.07) is 5.33. The molecule has 0 unspecified atom stereocenters. The Morgan fingerprint density at radius 2 is 2.00 bits per heavy atom. The number of nitrogens with zero attached hydrogens (tertiary/aromatic N) is 3. The van der Waals surface area contributed by atoms with E-state index in [4.69, 9.17) is 9.84 Å². The highest BCUT2D eigenvalue weighted by Gasteiger charge is 2.21. The first-order valence-electron chi connectivity index (χ1n) is 8.21. The molecule has 0 aliphatic carbocycles. The van der Waals surface area contributed by atoms with Crippen LogP contribution in [0.2, 0.25) is 0 Å². The number of hydrogen-bond donors (Lipinski definition) is 1. The van der Waals surface area contributed by atoms with Crippen LogP contribution < -0.4 is 0 Å². The van der Waals surface area contributed by atoms with Gasteiger partial charge in [0.05, 0.1) is 12.1 Å². The molecule has 1 aromatic heterocycles. The lowest BCUT2D eigenvalue weighted by Crippen LogP contribution is -2.27. The van der Waals surface area contributed by atoms with Gasteiger partial charge in [-0.25, -0.2) is 4.79 Å². The van der Waals surface area contributed by atoms with Crippen molar-refractivity contribution in [2.75, 3.05) is 27.2 Å². The van der Waals surface area contributed by atoms with Gasteiger partial charge in [-0.1, -0.05) is 17.8 Å². The summed E-state index contributed by atoms with van der Waals surface area (Å²) in [6.45, 7) is 5.76. The van der Waals surface area contributed by atoms with Crippen molar-refractivity contribution in [1.82, 2.24) is 14.7 Å². The second-order valence-corrected chi connectivity index (χ2v) is 6.97. The van der Waals surface area contributed by atoms with Gasteiger partial charge in [0.15, 0.2) is 0 Å². The van der Waals surface area contributed by atoms with Crippen molar-refractivity contribution < 1.29 is 14.6 Å². The summed E-state index contributed by atoms with van der Waals surface area (Å²) in [5.74, 6) is 11.5. The highest BCUT2D eigenvalue weighted by Crippen LogP contribution is 2.21. The van der Waals surface area contributed by atoms with Gasteiger partial charge in [-0.2, -0.15) is 9.78 Å². The van der Waals surface area contributed by atoms with E-state index in [0.29, 0.717) is 28.7 Å². The number of hydrogen-bond acceptors (Lipinski definition) is 5. The topological polar surface area (TPSA) is 67.6 Å². The van der Waals surface area contributed by atoms with Gasteiger partial charge in [0.2, 0.25) is 0 Å². The van der Waals surface area contributed by atoms with Gasteiger partial charge in [0.25, 0.3) is 0 Å². The maximum absolute atomic E-state index is 12.5. The zero-order chi connectivity index (χ0) is 19.3. The number of carbonyl (C=O) groups is 1. The molecule has 1 aromatic carbocycles. The fourth-order valence-electron chi connectivity index (χ4n) is 2.16. The summed E-state index contributed by atoms with van der Waals surface area (Å²) < 4.78 is 6.65. The summed E-state index contributed by atoms with van der Waals surface area (Å²) in [4.78, 5) is 14.4. The molecule has 0 saturated carbocycles. The largest absolute Gasteiger partial charge is 0.442 e. The molecule has 0 amide bonds. The maximum Gasteiger partial charge on any atom is 0.435 e. The molecule has 26 heavy (non-hydrogen) atoms. The SMILES string of the molecule is CN(C)CC#Cc1nn(C(=O)OC(C)(C)C)c2ccc(C#CCO)cc12. The predicted octanol–water partition coefficient (Wildman–Crippen LogP) is 2.08. The van der Waals surface area contributed by atoms with E-state index in [1.807, 2.05) is 25.1 Å². The first-order chi connectivity index (χ1) is 12.2. The van der Waals surface area contributed by atoms with Gasteiger partial charge in [0, 0.05) is 10.9 Å². The zero-order valence-electron chi connectivity index (χ0n) is 15.8. The molecule has 0 spiro atoms. The maximum atomic E-state index is 12.5. The zero-order valence-corrected chi connectivity index (χ0v) is 15.8. The van der Waals surface area contributed by atoms with Crippen LogP contribution in [-0.2, 0) is 4.74 Å². The standard InChI is InChI=1S/C20H23N3O3/c1-20(2,3)26-19(25)23-18-11-10-15(8-7-13-24)14-16(18)17(21-23)9-6-12-22(4)5/h10-11,14,24H,12-13H2,1-5H3. The molecule has 2 aromatic rings. The average Bonchev–Trinajstić information content (AvgIpc) is 2.89. The van der Waals surface area contributed by atoms with Gasteiger partial charge in [-0.3, -0.25) is 4.90 Å². The molecule has 0 aliphatic rings. The highest BCUT2D eigenvalue weighted by atomic mass is 16.6. The monoisotopic (exact) mass is 353 g/mol. The van der Waals surface area contributed by atoms with Gasteiger partial charge in [0.1, 0.15) is 17.9 Å². The number of aliphatic hydroxyl groups is 1. The Balaban J connectivity index is 2.55. The van der Waals surface area contributed by atoms with Gasteiger partial charge in [-0.15, -0.1) is 0 Å². The van der Waals surface area contributed by atoms with E-state index in [-0.39, 0.29) is 6.61 Å². The van der Waals surface area contributed by atoms with Crippen molar-refractivity contribution in [3.8, 4) is 23.7 Å². The third-order valence-electron chi connectivity index (χ3n) is 3.16. The van der Waals surface area contributed by atoms with Crippen LogP contribution in [-0.4, -0.2) is 58.7 Å². The molecule has 1 heterocycles. The number of benzene rings is 1. The van der Waals surface area contributed by atoms with Crippen LogP contribution in [0.25, 0.3) is 10.9 Å². The predicted molar refractivity (Wildman–Crippen MR) is 101 cm³/mol.